The van der Waals surface area contributed by atoms with Gasteiger partial charge in [-0.2, -0.15) is 0 Å². The first-order valence-electron chi connectivity index (χ1n) is 7.11. The van der Waals surface area contributed by atoms with Crippen LogP contribution >= 0.6 is 0 Å². The van der Waals surface area contributed by atoms with Crippen LogP contribution in [0.3, 0.4) is 0 Å². The van der Waals surface area contributed by atoms with Crippen molar-refractivity contribution >= 4 is 11.8 Å². The van der Waals surface area contributed by atoms with E-state index < -0.39 is 0 Å². The van der Waals surface area contributed by atoms with Gasteiger partial charge >= 0.3 is 0 Å². The Morgan fingerprint density at radius 2 is 2.00 bits per heavy atom. The van der Waals surface area contributed by atoms with Gasteiger partial charge in [-0.25, -0.2) is 0 Å². The van der Waals surface area contributed by atoms with Crippen molar-refractivity contribution in [3.05, 3.63) is 0 Å². The number of hydrogen-bond acceptors (Lipinski definition) is 2. The molecule has 1 heterocycles. The zero-order valence-corrected chi connectivity index (χ0v) is 12.0. The number of carbonyl (C=O) groups excluding carboxylic acids is 2. The number of amides is 2. The van der Waals surface area contributed by atoms with Crippen molar-refractivity contribution < 1.29 is 9.59 Å². The van der Waals surface area contributed by atoms with Gasteiger partial charge in [0.15, 0.2) is 0 Å². The molecule has 1 aliphatic rings. The molecule has 1 aliphatic heterocycles. The van der Waals surface area contributed by atoms with Crippen molar-refractivity contribution in [1.29, 1.82) is 0 Å². The molecule has 4 nitrogen and oxygen atoms in total. The molecule has 0 aliphatic carbocycles. The summed E-state index contributed by atoms with van der Waals surface area (Å²) in [7, 11) is 0. The fourth-order valence-corrected chi connectivity index (χ4v) is 2.55. The Hall–Kier alpha value is -1.06. The van der Waals surface area contributed by atoms with E-state index in [1.165, 1.54) is 0 Å². The monoisotopic (exact) mass is 254 g/mol. The van der Waals surface area contributed by atoms with Gasteiger partial charge in [-0.05, 0) is 18.8 Å². The highest BCUT2D eigenvalue weighted by molar-refractivity contribution is 5.90. The summed E-state index contributed by atoms with van der Waals surface area (Å²) < 4.78 is 0. The minimum Gasteiger partial charge on any atom is -0.344 e. The first-order chi connectivity index (χ1) is 8.51. The molecule has 2 amide bonds. The lowest BCUT2D eigenvalue weighted by Gasteiger charge is -2.32. The van der Waals surface area contributed by atoms with Crippen LogP contribution in [0.5, 0.6) is 0 Å². The molecular weight excluding hydrogens is 228 g/mol. The first-order valence-corrected chi connectivity index (χ1v) is 7.11. The molecule has 1 fully saturated rings. The van der Waals surface area contributed by atoms with Crippen LogP contribution in [0.1, 0.15) is 53.4 Å². The van der Waals surface area contributed by atoms with Gasteiger partial charge in [0.25, 0.3) is 0 Å². The maximum Gasteiger partial charge on any atom is 0.245 e. The van der Waals surface area contributed by atoms with Crippen LogP contribution in [0.25, 0.3) is 0 Å². The zero-order valence-electron chi connectivity index (χ0n) is 12.0. The number of rotatable bonds is 5. The molecule has 4 heteroatoms. The van der Waals surface area contributed by atoms with Crippen molar-refractivity contribution in [3.8, 4) is 0 Å². The van der Waals surface area contributed by atoms with Gasteiger partial charge in [0.1, 0.15) is 6.04 Å². The second-order valence-electron chi connectivity index (χ2n) is 5.42. The van der Waals surface area contributed by atoms with Crippen LogP contribution in [0.15, 0.2) is 0 Å². The van der Waals surface area contributed by atoms with Gasteiger partial charge in [-0.3, -0.25) is 9.59 Å². The number of nitrogens with one attached hydrogen (secondary N) is 1. The predicted molar refractivity (Wildman–Crippen MR) is 72.1 cm³/mol. The third-order valence-electron chi connectivity index (χ3n) is 3.65. The molecule has 0 bridgehead atoms. The first kappa shape index (κ1) is 15.0. The van der Waals surface area contributed by atoms with Gasteiger partial charge in [0.05, 0.1) is 0 Å². The summed E-state index contributed by atoms with van der Waals surface area (Å²) >= 11 is 0. The molecule has 0 spiro atoms. The highest BCUT2D eigenvalue weighted by Gasteiger charge is 2.34. The molecule has 0 aromatic carbocycles. The van der Waals surface area contributed by atoms with Gasteiger partial charge in [0.2, 0.25) is 11.8 Å². The average Bonchev–Trinajstić information content (AvgIpc) is 2.47. The van der Waals surface area contributed by atoms with Crippen molar-refractivity contribution in [2.45, 2.75) is 65.5 Å². The molecule has 104 valence electrons. The lowest BCUT2D eigenvalue weighted by molar-refractivity contribution is -0.137. The largest absolute Gasteiger partial charge is 0.344 e. The lowest BCUT2D eigenvalue weighted by Crippen LogP contribution is -2.50. The van der Waals surface area contributed by atoms with Crippen molar-refractivity contribution in [2.75, 3.05) is 6.54 Å². The van der Waals surface area contributed by atoms with Crippen LogP contribution in [0.2, 0.25) is 0 Å². The van der Waals surface area contributed by atoms with Crippen LogP contribution in [0.4, 0.5) is 0 Å². The fourth-order valence-electron chi connectivity index (χ4n) is 2.55. The topological polar surface area (TPSA) is 49.4 Å². The zero-order chi connectivity index (χ0) is 13.7. The van der Waals surface area contributed by atoms with Crippen LogP contribution < -0.4 is 5.32 Å². The maximum atomic E-state index is 12.5. The van der Waals surface area contributed by atoms with E-state index >= 15 is 0 Å². The Labute approximate surface area is 110 Å². The highest BCUT2D eigenvalue weighted by Crippen LogP contribution is 2.18. The molecule has 0 radical (unpaired) electrons. The molecular formula is C14H26N2O2. The number of hydrogen-bond donors (Lipinski definition) is 1. The van der Waals surface area contributed by atoms with Gasteiger partial charge in [-0.1, -0.05) is 34.1 Å². The quantitative estimate of drug-likeness (QED) is 0.815. The Kier molecular flexibility index (Phi) is 5.63. The smallest absolute Gasteiger partial charge is 0.245 e. The van der Waals surface area contributed by atoms with Gasteiger partial charge < -0.3 is 10.2 Å². The predicted octanol–water partition coefficient (Wildman–Crippen LogP) is 1.94. The molecule has 18 heavy (non-hydrogen) atoms. The van der Waals surface area contributed by atoms with E-state index in [1.54, 1.807) is 0 Å². The summed E-state index contributed by atoms with van der Waals surface area (Å²) in [5, 5.41) is 2.85. The highest BCUT2D eigenvalue weighted by atomic mass is 16.2. The van der Waals surface area contributed by atoms with Crippen molar-refractivity contribution in [1.82, 2.24) is 10.2 Å². The summed E-state index contributed by atoms with van der Waals surface area (Å²) in [4.78, 5) is 26.1. The van der Waals surface area contributed by atoms with Crippen LogP contribution in [-0.2, 0) is 9.59 Å². The fraction of sp³-hybridized carbons (Fsp3) is 0.857. The van der Waals surface area contributed by atoms with E-state index in [4.69, 9.17) is 0 Å². The second-order valence-corrected chi connectivity index (χ2v) is 5.42. The molecule has 1 rings (SSSR count). The Morgan fingerprint density at radius 1 is 1.33 bits per heavy atom. The maximum absolute atomic E-state index is 12.5. The molecule has 1 saturated heterocycles. The van der Waals surface area contributed by atoms with E-state index in [-0.39, 0.29) is 29.8 Å². The molecule has 0 aromatic heterocycles. The van der Waals surface area contributed by atoms with E-state index in [1.807, 2.05) is 18.7 Å². The van der Waals surface area contributed by atoms with E-state index in [9.17, 15) is 9.59 Å². The summed E-state index contributed by atoms with van der Waals surface area (Å²) in [6.45, 7) is 8.76. The van der Waals surface area contributed by atoms with Crippen molar-refractivity contribution in [3.63, 3.8) is 0 Å². The number of carbonyl (C=O) groups is 2. The van der Waals surface area contributed by atoms with Gasteiger partial charge in [-0.15, -0.1) is 0 Å². The number of nitrogens with zero attached hydrogens (tertiary/aromatic N) is 1. The summed E-state index contributed by atoms with van der Waals surface area (Å²) in [6, 6.07) is -0.0812. The minimum atomic E-state index is -0.356. The van der Waals surface area contributed by atoms with Crippen LogP contribution in [0, 0.1) is 5.92 Å². The molecule has 0 aromatic rings. The van der Waals surface area contributed by atoms with E-state index in [2.05, 4.69) is 19.2 Å². The average molecular weight is 254 g/mol. The Morgan fingerprint density at radius 3 is 2.50 bits per heavy atom. The Bertz CT molecular complexity index is 302. The molecule has 2 atom stereocenters. The molecule has 2 unspecified atom stereocenters. The second kappa shape index (κ2) is 6.76. The summed E-state index contributed by atoms with van der Waals surface area (Å²) in [6.07, 6.45) is 3.46. The lowest BCUT2D eigenvalue weighted by atomic mass is 10.0. The van der Waals surface area contributed by atoms with E-state index in [0.29, 0.717) is 13.0 Å². The molecule has 1 N–H and O–H groups in total. The third kappa shape index (κ3) is 3.47. The standard InChI is InChI=1S/C14H26N2O2/c1-5-7-11(6-2)16-9-8-12(17)15-13(10(3)4)14(16)18/h10-11,13H,5-9H2,1-4H3,(H,15,17). The summed E-state index contributed by atoms with van der Waals surface area (Å²) in [5.41, 5.74) is 0. The summed E-state index contributed by atoms with van der Waals surface area (Å²) in [5.74, 6) is 0.230. The SMILES string of the molecule is CCCC(CC)N1CCC(=O)NC(C(C)C)C1=O. The Balaban J connectivity index is 2.88. The minimum absolute atomic E-state index is 0.00379. The molecule has 0 saturated carbocycles. The van der Waals surface area contributed by atoms with E-state index in [0.717, 1.165) is 19.3 Å². The van der Waals surface area contributed by atoms with Gasteiger partial charge in [0, 0.05) is 19.0 Å². The normalized spacial score (nSPS) is 22.9. The third-order valence-corrected chi connectivity index (χ3v) is 3.65. The van der Waals surface area contributed by atoms with Crippen molar-refractivity contribution in [2.24, 2.45) is 5.92 Å². The van der Waals surface area contributed by atoms with Crippen LogP contribution in [-0.4, -0.2) is 35.3 Å².